The van der Waals surface area contributed by atoms with Gasteiger partial charge in [-0.1, -0.05) is 0 Å². The van der Waals surface area contributed by atoms with Crippen molar-refractivity contribution in [3.63, 3.8) is 0 Å². The number of pyridine rings is 1. The summed E-state index contributed by atoms with van der Waals surface area (Å²) in [5.41, 5.74) is -0.0589. The molecule has 66 valence electrons. The Morgan fingerprint density at radius 2 is 2.25 bits per heavy atom. The van der Waals surface area contributed by atoms with Crippen molar-refractivity contribution in [2.24, 2.45) is 0 Å². The third-order valence-electron chi connectivity index (χ3n) is 1.30. The van der Waals surface area contributed by atoms with Gasteiger partial charge in [-0.3, -0.25) is 0 Å². The molecule has 0 fully saturated rings. The van der Waals surface area contributed by atoms with E-state index in [0.717, 1.165) is 6.20 Å². The predicted octanol–water partition coefficient (Wildman–Crippen LogP) is 2.63. The fourth-order valence-electron chi connectivity index (χ4n) is 0.696. The number of halogens is 3. The molecular formula is C7H6F2INO. The minimum atomic E-state index is -2.48. The van der Waals surface area contributed by atoms with Crippen LogP contribution in [-0.4, -0.2) is 12.1 Å². The van der Waals surface area contributed by atoms with Crippen molar-refractivity contribution < 1.29 is 13.5 Å². The number of rotatable bonds is 2. The molecule has 0 aromatic carbocycles. The molecule has 0 aliphatic carbocycles. The van der Waals surface area contributed by atoms with Crippen LogP contribution in [0.5, 0.6) is 5.88 Å². The van der Waals surface area contributed by atoms with Crippen molar-refractivity contribution >= 4 is 22.6 Å². The Labute approximate surface area is 82.1 Å². The molecule has 0 atom stereocenters. The van der Waals surface area contributed by atoms with Gasteiger partial charge in [0.05, 0.1) is 7.11 Å². The highest BCUT2D eigenvalue weighted by Crippen LogP contribution is 2.25. The lowest BCUT2D eigenvalue weighted by Gasteiger charge is -2.03. The normalized spacial score (nSPS) is 10.4. The third kappa shape index (κ3) is 2.02. The zero-order valence-electron chi connectivity index (χ0n) is 6.22. The predicted molar refractivity (Wildman–Crippen MR) is 48.5 cm³/mol. The van der Waals surface area contributed by atoms with E-state index in [-0.39, 0.29) is 5.56 Å². The number of alkyl halides is 2. The molecule has 1 heterocycles. The summed E-state index contributed by atoms with van der Waals surface area (Å²) in [5, 5.41) is 0. The highest BCUT2D eigenvalue weighted by molar-refractivity contribution is 14.1. The highest BCUT2D eigenvalue weighted by atomic mass is 127. The van der Waals surface area contributed by atoms with E-state index in [2.05, 4.69) is 4.98 Å². The molecule has 0 saturated heterocycles. The van der Waals surface area contributed by atoms with Gasteiger partial charge in [0.1, 0.15) is 0 Å². The summed E-state index contributed by atoms with van der Waals surface area (Å²) in [6, 6.07) is 1.47. The molecule has 5 heteroatoms. The van der Waals surface area contributed by atoms with Gasteiger partial charge < -0.3 is 4.74 Å². The van der Waals surface area contributed by atoms with E-state index >= 15 is 0 Å². The molecule has 0 unspecified atom stereocenters. The molecule has 1 aromatic rings. The lowest BCUT2D eigenvalue weighted by atomic mass is 10.3. The lowest BCUT2D eigenvalue weighted by molar-refractivity contribution is 0.150. The summed E-state index contributed by atoms with van der Waals surface area (Å²) >= 11 is 1.82. The van der Waals surface area contributed by atoms with Crippen molar-refractivity contribution in [3.8, 4) is 5.88 Å². The van der Waals surface area contributed by atoms with E-state index in [1.807, 2.05) is 22.6 Å². The molecule has 0 spiro atoms. The Bertz CT molecular complexity index is 280. The van der Waals surface area contributed by atoms with Gasteiger partial charge in [0.25, 0.3) is 6.43 Å². The van der Waals surface area contributed by atoms with E-state index in [1.165, 1.54) is 13.2 Å². The van der Waals surface area contributed by atoms with Gasteiger partial charge in [-0.2, -0.15) is 0 Å². The second-order valence-electron chi connectivity index (χ2n) is 2.05. The SMILES string of the molecule is COc1cc(I)c(C(F)F)cn1. The number of nitrogens with zero attached hydrogens (tertiary/aromatic N) is 1. The van der Waals surface area contributed by atoms with Crippen LogP contribution in [0.25, 0.3) is 0 Å². The van der Waals surface area contributed by atoms with Crippen LogP contribution in [0.4, 0.5) is 8.78 Å². The van der Waals surface area contributed by atoms with Crippen molar-refractivity contribution in [2.45, 2.75) is 6.43 Å². The summed E-state index contributed by atoms with van der Waals surface area (Å²) in [4.78, 5) is 3.67. The maximum absolute atomic E-state index is 12.2. The average molecular weight is 285 g/mol. The first-order valence-electron chi connectivity index (χ1n) is 3.12. The molecule has 0 amide bonds. The zero-order chi connectivity index (χ0) is 9.14. The Morgan fingerprint density at radius 3 is 2.67 bits per heavy atom. The van der Waals surface area contributed by atoms with Gasteiger partial charge in [-0.15, -0.1) is 0 Å². The first-order valence-corrected chi connectivity index (χ1v) is 4.20. The average Bonchev–Trinajstić information content (AvgIpc) is 2.03. The van der Waals surface area contributed by atoms with Crippen LogP contribution in [0.15, 0.2) is 12.3 Å². The highest BCUT2D eigenvalue weighted by Gasteiger charge is 2.12. The molecule has 0 N–H and O–H groups in total. The number of hydrogen-bond donors (Lipinski definition) is 0. The van der Waals surface area contributed by atoms with E-state index in [9.17, 15) is 8.78 Å². The zero-order valence-corrected chi connectivity index (χ0v) is 8.38. The fourth-order valence-corrected chi connectivity index (χ4v) is 1.34. The van der Waals surface area contributed by atoms with E-state index in [0.29, 0.717) is 9.45 Å². The van der Waals surface area contributed by atoms with Crippen LogP contribution in [0.2, 0.25) is 0 Å². The van der Waals surface area contributed by atoms with Gasteiger partial charge in [-0.25, -0.2) is 13.8 Å². The van der Waals surface area contributed by atoms with Crippen molar-refractivity contribution in [1.29, 1.82) is 0 Å². The van der Waals surface area contributed by atoms with Crippen LogP contribution in [0.1, 0.15) is 12.0 Å². The van der Waals surface area contributed by atoms with Gasteiger partial charge in [-0.05, 0) is 22.6 Å². The Morgan fingerprint density at radius 1 is 1.58 bits per heavy atom. The lowest BCUT2D eigenvalue weighted by Crippen LogP contribution is -1.94. The van der Waals surface area contributed by atoms with Crippen LogP contribution >= 0.6 is 22.6 Å². The molecule has 0 radical (unpaired) electrons. The maximum Gasteiger partial charge on any atom is 0.266 e. The Balaban J connectivity index is 3.03. The molecule has 12 heavy (non-hydrogen) atoms. The number of hydrogen-bond acceptors (Lipinski definition) is 2. The van der Waals surface area contributed by atoms with Gasteiger partial charge in [0.2, 0.25) is 5.88 Å². The summed E-state index contributed by atoms with van der Waals surface area (Å²) in [5.74, 6) is 0.351. The number of aromatic nitrogens is 1. The molecule has 0 bridgehead atoms. The van der Waals surface area contributed by atoms with Crippen LogP contribution in [0, 0.1) is 3.57 Å². The van der Waals surface area contributed by atoms with Gasteiger partial charge in [0.15, 0.2) is 0 Å². The quantitative estimate of drug-likeness (QED) is 0.779. The van der Waals surface area contributed by atoms with E-state index in [4.69, 9.17) is 4.74 Å². The summed E-state index contributed by atoms with van der Waals surface area (Å²) < 4.78 is 29.6. The molecular weight excluding hydrogens is 279 g/mol. The van der Waals surface area contributed by atoms with E-state index < -0.39 is 6.43 Å². The molecule has 0 aliphatic heterocycles. The van der Waals surface area contributed by atoms with Crippen LogP contribution in [-0.2, 0) is 0 Å². The number of ether oxygens (including phenoxy) is 1. The topological polar surface area (TPSA) is 22.1 Å². The Hall–Kier alpha value is -0.460. The molecule has 1 aromatic heterocycles. The van der Waals surface area contributed by atoms with E-state index in [1.54, 1.807) is 0 Å². The first kappa shape index (κ1) is 9.63. The molecule has 0 aliphatic rings. The van der Waals surface area contributed by atoms with Crippen LogP contribution in [0.3, 0.4) is 0 Å². The molecule has 1 rings (SSSR count). The van der Waals surface area contributed by atoms with Gasteiger partial charge >= 0.3 is 0 Å². The molecule has 2 nitrogen and oxygen atoms in total. The molecule has 0 saturated carbocycles. The first-order chi connectivity index (χ1) is 5.65. The summed E-state index contributed by atoms with van der Waals surface area (Å²) in [7, 11) is 1.44. The van der Waals surface area contributed by atoms with Crippen molar-refractivity contribution in [2.75, 3.05) is 7.11 Å². The van der Waals surface area contributed by atoms with Crippen LogP contribution < -0.4 is 4.74 Å². The summed E-state index contributed by atoms with van der Waals surface area (Å²) in [6.45, 7) is 0. The standard InChI is InChI=1S/C7H6F2INO/c1-12-6-2-5(10)4(3-11-6)7(8)9/h2-3,7H,1H3. The largest absolute Gasteiger partial charge is 0.481 e. The minimum Gasteiger partial charge on any atom is -0.481 e. The summed E-state index contributed by atoms with van der Waals surface area (Å²) in [6.07, 6.45) is -1.35. The second kappa shape index (κ2) is 3.97. The number of methoxy groups -OCH3 is 1. The fraction of sp³-hybridized carbons (Fsp3) is 0.286. The third-order valence-corrected chi connectivity index (χ3v) is 2.24. The monoisotopic (exact) mass is 285 g/mol. The van der Waals surface area contributed by atoms with Crippen molar-refractivity contribution in [3.05, 3.63) is 21.4 Å². The minimum absolute atomic E-state index is 0.0589. The smallest absolute Gasteiger partial charge is 0.266 e. The van der Waals surface area contributed by atoms with Gasteiger partial charge in [0, 0.05) is 21.4 Å². The second-order valence-corrected chi connectivity index (χ2v) is 3.21. The van der Waals surface area contributed by atoms with Crippen molar-refractivity contribution in [1.82, 2.24) is 4.98 Å². The Kier molecular flexibility index (Phi) is 3.19. The maximum atomic E-state index is 12.2.